The van der Waals surface area contributed by atoms with E-state index in [4.69, 9.17) is 0 Å². The first kappa shape index (κ1) is 10.1. The Hall–Kier alpha value is -1.39. The normalized spacial score (nSPS) is 15.1. The second-order valence-corrected chi connectivity index (χ2v) is 4.59. The second kappa shape index (κ2) is 3.32. The van der Waals surface area contributed by atoms with Crippen molar-refractivity contribution in [1.29, 1.82) is 0 Å². The molecule has 0 aliphatic heterocycles. The summed E-state index contributed by atoms with van der Waals surface area (Å²) in [6.45, 7) is 1.23. The molecule has 3 nitrogen and oxygen atoms in total. The van der Waals surface area contributed by atoms with E-state index in [-0.39, 0.29) is 0 Å². The summed E-state index contributed by atoms with van der Waals surface area (Å²) >= 11 is 1.26. The van der Waals surface area contributed by atoms with Gasteiger partial charge in [-0.05, 0) is 24.4 Å². The van der Waals surface area contributed by atoms with E-state index in [9.17, 15) is 15.0 Å². The number of carboxylic acid groups (broad SMARTS) is 1. The van der Waals surface area contributed by atoms with Crippen molar-refractivity contribution < 1.29 is 15.0 Å². The fourth-order valence-electron chi connectivity index (χ4n) is 1.32. The van der Waals surface area contributed by atoms with Crippen LogP contribution in [-0.2, 0) is 10.4 Å². The molecule has 0 radical (unpaired) electrons. The minimum Gasteiger partial charge on any atom is -0.547 e. The smallest absolute Gasteiger partial charge is 0.135 e. The predicted molar refractivity (Wildman–Crippen MR) is 56.4 cm³/mol. The maximum atomic E-state index is 10.7. The average molecular weight is 221 g/mol. The largest absolute Gasteiger partial charge is 0.547 e. The Morgan fingerprint density at radius 3 is 2.73 bits per heavy atom. The van der Waals surface area contributed by atoms with Crippen molar-refractivity contribution >= 4 is 27.4 Å². The average Bonchev–Trinajstić information content (AvgIpc) is 2.61. The molecule has 1 aromatic carbocycles. The number of hydrogen-bond donors (Lipinski definition) is 1. The third-order valence-electron chi connectivity index (χ3n) is 2.30. The van der Waals surface area contributed by atoms with Crippen LogP contribution in [0.1, 0.15) is 11.8 Å². The maximum Gasteiger partial charge on any atom is 0.135 e. The van der Waals surface area contributed by atoms with Crippen LogP contribution in [0.4, 0.5) is 0 Å². The van der Waals surface area contributed by atoms with Crippen molar-refractivity contribution in [2.75, 3.05) is 0 Å². The van der Waals surface area contributed by atoms with Crippen molar-refractivity contribution in [3.05, 3.63) is 35.2 Å². The maximum absolute atomic E-state index is 10.7. The van der Waals surface area contributed by atoms with Gasteiger partial charge in [0.05, 0.1) is 5.97 Å². The van der Waals surface area contributed by atoms with Crippen LogP contribution < -0.4 is 5.11 Å². The molecule has 0 bridgehead atoms. The van der Waals surface area contributed by atoms with Gasteiger partial charge in [-0.3, -0.25) is 0 Å². The molecule has 0 fully saturated rings. The van der Waals surface area contributed by atoms with Gasteiger partial charge in [-0.15, -0.1) is 11.3 Å². The van der Waals surface area contributed by atoms with Crippen LogP contribution in [-0.4, -0.2) is 11.1 Å². The molecule has 0 spiro atoms. The van der Waals surface area contributed by atoms with Gasteiger partial charge in [0.15, 0.2) is 0 Å². The Morgan fingerprint density at radius 1 is 1.47 bits per heavy atom. The minimum atomic E-state index is -1.91. The molecule has 1 heterocycles. The Balaban J connectivity index is 2.58. The highest BCUT2D eigenvalue weighted by Crippen LogP contribution is 2.32. The van der Waals surface area contributed by atoms with Crippen LogP contribution in [0.2, 0.25) is 0 Å². The fraction of sp³-hybridized carbons (Fsp3) is 0.182. The van der Waals surface area contributed by atoms with Gasteiger partial charge in [-0.1, -0.05) is 18.2 Å². The van der Waals surface area contributed by atoms with Gasteiger partial charge < -0.3 is 15.0 Å². The van der Waals surface area contributed by atoms with Gasteiger partial charge in [0, 0.05) is 9.58 Å². The number of carboxylic acids is 1. The number of aliphatic carboxylic acids is 1. The van der Waals surface area contributed by atoms with E-state index in [0.717, 1.165) is 10.1 Å². The molecule has 1 aromatic heterocycles. The van der Waals surface area contributed by atoms with Gasteiger partial charge in [-0.2, -0.15) is 0 Å². The van der Waals surface area contributed by atoms with Gasteiger partial charge in [0.1, 0.15) is 5.60 Å². The number of aliphatic hydroxyl groups is 1. The zero-order chi connectivity index (χ0) is 11.1. The topological polar surface area (TPSA) is 60.4 Å². The number of carbonyl (C=O) groups is 1. The second-order valence-electron chi connectivity index (χ2n) is 3.51. The monoisotopic (exact) mass is 221 g/mol. The summed E-state index contributed by atoms with van der Waals surface area (Å²) in [4.78, 5) is 11.1. The van der Waals surface area contributed by atoms with Crippen LogP contribution in [0.3, 0.4) is 0 Å². The molecule has 2 aromatic rings. The Bertz CT molecular complexity index is 480. The zero-order valence-corrected chi connectivity index (χ0v) is 8.88. The Kier molecular flexibility index (Phi) is 2.25. The molecule has 0 saturated heterocycles. The molecule has 0 amide bonds. The summed E-state index contributed by atoms with van der Waals surface area (Å²) in [5, 5.41) is 21.4. The highest BCUT2D eigenvalue weighted by Gasteiger charge is 2.26. The number of hydrogen-bond acceptors (Lipinski definition) is 4. The molecule has 15 heavy (non-hydrogen) atoms. The van der Waals surface area contributed by atoms with E-state index in [0.29, 0.717) is 4.88 Å². The number of benzene rings is 1. The lowest BCUT2D eigenvalue weighted by Crippen LogP contribution is -2.42. The summed E-state index contributed by atoms with van der Waals surface area (Å²) in [7, 11) is 0. The van der Waals surface area contributed by atoms with Crippen molar-refractivity contribution in [2.45, 2.75) is 12.5 Å². The molecule has 1 N–H and O–H groups in total. The minimum absolute atomic E-state index is 0.392. The third kappa shape index (κ3) is 1.62. The lowest BCUT2D eigenvalue weighted by Gasteiger charge is -2.22. The molecule has 1 unspecified atom stereocenters. The summed E-state index contributed by atoms with van der Waals surface area (Å²) < 4.78 is 0.953. The molecule has 0 saturated carbocycles. The Labute approximate surface area is 90.6 Å². The van der Waals surface area contributed by atoms with Crippen LogP contribution in [0.5, 0.6) is 0 Å². The SMILES string of the molecule is CC(O)(C(=O)[O-])c1cc2ccccc2s1. The van der Waals surface area contributed by atoms with Crippen LogP contribution in [0, 0.1) is 0 Å². The molecular formula is C11H9O3S-. The molecular weight excluding hydrogens is 212 g/mol. The van der Waals surface area contributed by atoms with Crippen LogP contribution in [0.15, 0.2) is 30.3 Å². The van der Waals surface area contributed by atoms with Gasteiger partial charge in [-0.25, -0.2) is 0 Å². The van der Waals surface area contributed by atoms with E-state index in [1.807, 2.05) is 24.3 Å². The third-order valence-corrected chi connectivity index (χ3v) is 3.63. The van der Waals surface area contributed by atoms with Crippen LogP contribution in [0.25, 0.3) is 10.1 Å². The fourth-order valence-corrected chi connectivity index (χ4v) is 2.42. The van der Waals surface area contributed by atoms with E-state index >= 15 is 0 Å². The summed E-state index contributed by atoms with van der Waals surface area (Å²) in [5.41, 5.74) is -1.91. The van der Waals surface area contributed by atoms with E-state index in [1.165, 1.54) is 18.3 Å². The van der Waals surface area contributed by atoms with E-state index < -0.39 is 11.6 Å². The first-order valence-corrected chi connectivity index (χ1v) is 5.26. The van der Waals surface area contributed by atoms with E-state index in [2.05, 4.69) is 0 Å². The quantitative estimate of drug-likeness (QED) is 0.818. The number of carbonyl (C=O) groups excluding carboxylic acids is 1. The van der Waals surface area contributed by atoms with E-state index in [1.54, 1.807) is 6.07 Å². The van der Waals surface area contributed by atoms with Crippen molar-refractivity contribution in [3.63, 3.8) is 0 Å². The number of thiophene rings is 1. The van der Waals surface area contributed by atoms with Crippen molar-refractivity contribution in [1.82, 2.24) is 0 Å². The lowest BCUT2D eigenvalue weighted by molar-refractivity contribution is -0.324. The summed E-state index contributed by atoms with van der Waals surface area (Å²) in [6, 6.07) is 9.17. The summed E-state index contributed by atoms with van der Waals surface area (Å²) in [6.07, 6.45) is 0. The first-order chi connectivity index (χ1) is 7.01. The molecule has 4 heteroatoms. The molecule has 0 aliphatic rings. The lowest BCUT2D eigenvalue weighted by atomic mass is 10.1. The van der Waals surface area contributed by atoms with Gasteiger partial charge >= 0.3 is 0 Å². The highest BCUT2D eigenvalue weighted by atomic mass is 32.1. The standard InChI is InChI=1S/C11H10O3S/c1-11(14,10(12)13)9-6-7-4-2-3-5-8(7)15-9/h2-6,14H,1H3,(H,12,13)/p-1. The Morgan fingerprint density at radius 2 is 2.13 bits per heavy atom. The molecule has 1 atom stereocenters. The zero-order valence-electron chi connectivity index (χ0n) is 8.06. The molecule has 2 rings (SSSR count). The highest BCUT2D eigenvalue weighted by molar-refractivity contribution is 7.19. The van der Waals surface area contributed by atoms with Crippen molar-refractivity contribution in [2.24, 2.45) is 0 Å². The van der Waals surface area contributed by atoms with Gasteiger partial charge in [0.2, 0.25) is 0 Å². The van der Waals surface area contributed by atoms with Gasteiger partial charge in [0.25, 0.3) is 0 Å². The van der Waals surface area contributed by atoms with Crippen molar-refractivity contribution in [3.8, 4) is 0 Å². The molecule has 0 aliphatic carbocycles. The molecule has 78 valence electrons. The number of rotatable bonds is 2. The van der Waals surface area contributed by atoms with Crippen LogP contribution >= 0.6 is 11.3 Å². The summed E-state index contributed by atoms with van der Waals surface area (Å²) in [5.74, 6) is -1.48. The predicted octanol–water partition coefficient (Wildman–Crippen LogP) is 0.859. The first-order valence-electron chi connectivity index (χ1n) is 4.44. The number of fused-ring (bicyclic) bond motifs is 1.